The Bertz CT molecular complexity index is 690. The third-order valence-electron chi connectivity index (χ3n) is 4.32. The average Bonchev–Trinajstić information content (AvgIpc) is 2.83. The van der Waals surface area contributed by atoms with E-state index in [4.69, 9.17) is 5.73 Å². The fourth-order valence-electron chi connectivity index (χ4n) is 3.01. The lowest BCUT2D eigenvalue weighted by molar-refractivity contribution is -0.137. The molecule has 2 aromatic rings. The number of hydrogen-bond acceptors (Lipinski definition) is 5. The van der Waals surface area contributed by atoms with Crippen molar-refractivity contribution < 1.29 is 13.2 Å². The molecular formula is C17H22ClF3N4S. The summed E-state index contributed by atoms with van der Waals surface area (Å²) >= 11 is 1.51. The smallest absolute Gasteiger partial charge is 0.375 e. The molecule has 9 heteroatoms. The van der Waals surface area contributed by atoms with Gasteiger partial charge in [-0.2, -0.15) is 13.2 Å². The summed E-state index contributed by atoms with van der Waals surface area (Å²) in [4.78, 5) is 9.91. The van der Waals surface area contributed by atoms with Crippen LogP contribution in [0.4, 0.5) is 18.3 Å². The highest BCUT2D eigenvalue weighted by Crippen LogP contribution is 2.29. The topological polar surface area (TPSA) is 45.4 Å². The van der Waals surface area contributed by atoms with Crippen molar-refractivity contribution in [1.82, 2.24) is 14.8 Å². The van der Waals surface area contributed by atoms with Crippen LogP contribution in [0.5, 0.6) is 0 Å². The number of nitrogens with two attached hydrogens (primary N) is 1. The quantitative estimate of drug-likeness (QED) is 0.837. The number of benzene rings is 1. The molecule has 0 unspecified atom stereocenters. The van der Waals surface area contributed by atoms with Gasteiger partial charge in [-0.25, -0.2) is 4.98 Å². The maximum Gasteiger partial charge on any atom is 0.416 e. The van der Waals surface area contributed by atoms with Crippen LogP contribution in [0.15, 0.2) is 30.5 Å². The Morgan fingerprint density at radius 3 is 2.15 bits per heavy atom. The van der Waals surface area contributed by atoms with E-state index in [2.05, 4.69) is 14.8 Å². The molecule has 0 aliphatic carbocycles. The molecule has 0 amide bonds. The Kier molecular flexibility index (Phi) is 7.28. The van der Waals surface area contributed by atoms with Gasteiger partial charge in [0, 0.05) is 37.3 Å². The molecule has 0 saturated carbocycles. The summed E-state index contributed by atoms with van der Waals surface area (Å²) in [5.74, 6) is 0. The highest BCUT2D eigenvalue weighted by molar-refractivity contribution is 7.15. The summed E-state index contributed by atoms with van der Waals surface area (Å²) < 4.78 is 37.9. The van der Waals surface area contributed by atoms with Crippen molar-refractivity contribution in [1.29, 1.82) is 0 Å². The average molecular weight is 407 g/mol. The van der Waals surface area contributed by atoms with Gasteiger partial charge < -0.3 is 5.73 Å². The standard InChI is InChI=1S/C17H21F3N4S.ClH/c18-17(19,20)14-4-2-13(3-5-14)11-23-6-1-7-24(9-8-23)12-15-10-22-16(21)25-15;/h2-5,10H,1,6-9,11-12H2,(H2,21,22);1H. The number of aromatic nitrogens is 1. The van der Waals surface area contributed by atoms with Crippen molar-refractivity contribution in [3.05, 3.63) is 46.5 Å². The second-order valence-electron chi connectivity index (χ2n) is 6.27. The second kappa shape index (κ2) is 9.03. The van der Waals surface area contributed by atoms with Crippen LogP contribution < -0.4 is 5.73 Å². The molecule has 4 nitrogen and oxygen atoms in total. The molecule has 0 atom stereocenters. The number of hydrogen-bond donors (Lipinski definition) is 1. The number of anilines is 1. The summed E-state index contributed by atoms with van der Waals surface area (Å²) in [7, 11) is 0. The maximum absolute atomic E-state index is 12.6. The normalized spacial score (nSPS) is 16.9. The zero-order chi connectivity index (χ0) is 17.9. The van der Waals surface area contributed by atoms with E-state index in [-0.39, 0.29) is 12.4 Å². The van der Waals surface area contributed by atoms with Crippen LogP contribution in [-0.2, 0) is 19.3 Å². The highest BCUT2D eigenvalue weighted by Gasteiger charge is 2.30. The summed E-state index contributed by atoms with van der Waals surface area (Å²) in [5.41, 5.74) is 5.99. The van der Waals surface area contributed by atoms with Crippen LogP contribution in [0.2, 0.25) is 0 Å². The van der Waals surface area contributed by atoms with E-state index >= 15 is 0 Å². The minimum Gasteiger partial charge on any atom is -0.375 e. The molecule has 1 saturated heterocycles. The number of nitrogen functional groups attached to an aromatic ring is 1. The predicted molar refractivity (Wildman–Crippen MR) is 100 cm³/mol. The molecule has 0 radical (unpaired) electrons. The first-order chi connectivity index (χ1) is 11.9. The van der Waals surface area contributed by atoms with Crippen LogP contribution in [0, 0.1) is 0 Å². The van der Waals surface area contributed by atoms with Gasteiger partial charge in [0.05, 0.1) is 5.56 Å². The molecule has 26 heavy (non-hydrogen) atoms. The first-order valence-electron chi connectivity index (χ1n) is 8.21. The van der Waals surface area contributed by atoms with E-state index in [1.165, 1.54) is 11.3 Å². The third kappa shape index (κ3) is 5.84. The van der Waals surface area contributed by atoms with Crippen molar-refractivity contribution in [2.45, 2.75) is 25.7 Å². The first kappa shape index (κ1) is 21.0. The number of rotatable bonds is 4. The molecule has 1 aliphatic rings. The van der Waals surface area contributed by atoms with Crippen LogP contribution in [0.3, 0.4) is 0 Å². The van der Waals surface area contributed by atoms with Gasteiger partial charge in [-0.1, -0.05) is 12.1 Å². The van der Waals surface area contributed by atoms with Crippen LogP contribution in [0.1, 0.15) is 22.4 Å². The molecular weight excluding hydrogens is 385 g/mol. The fourth-order valence-corrected chi connectivity index (χ4v) is 3.74. The SMILES string of the molecule is Cl.Nc1ncc(CN2CCCN(Cc3ccc(C(F)(F)F)cc3)CC2)s1. The lowest BCUT2D eigenvalue weighted by Crippen LogP contribution is -2.30. The Labute approximate surface area is 161 Å². The molecule has 1 aromatic carbocycles. The molecule has 1 fully saturated rings. The van der Waals surface area contributed by atoms with E-state index in [0.29, 0.717) is 11.7 Å². The molecule has 1 aliphatic heterocycles. The van der Waals surface area contributed by atoms with Gasteiger partial charge in [0.1, 0.15) is 0 Å². The van der Waals surface area contributed by atoms with Gasteiger partial charge in [-0.05, 0) is 37.2 Å². The minimum atomic E-state index is -4.28. The Balaban J connectivity index is 0.00000243. The van der Waals surface area contributed by atoms with E-state index in [9.17, 15) is 13.2 Å². The molecule has 1 aromatic heterocycles. The van der Waals surface area contributed by atoms with E-state index in [0.717, 1.165) is 61.7 Å². The van der Waals surface area contributed by atoms with Crippen molar-refractivity contribution in [3.63, 3.8) is 0 Å². The number of alkyl halides is 3. The number of nitrogens with zero attached hydrogens (tertiary/aromatic N) is 3. The molecule has 144 valence electrons. The third-order valence-corrected chi connectivity index (χ3v) is 5.13. The summed E-state index contributed by atoms with van der Waals surface area (Å²) in [6, 6.07) is 5.47. The van der Waals surface area contributed by atoms with Gasteiger partial charge in [0.2, 0.25) is 0 Å². The fraction of sp³-hybridized carbons (Fsp3) is 0.471. The van der Waals surface area contributed by atoms with E-state index in [1.54, 1.807) is 12.1 Å². The Hall–Kier alpha value is -1.35. The predicted octanol–water partition coefficient (Wildman–Crippen LogP) is 3.87. The van der Waals surface area contributed by atoms with Gasteiger partial charge in [-0.15, -0.1) is 23.7 Å². The second-order valence-corrected chi connectivity index (χ2v) is 7.41. The molecule has 0 spiro atoms. The van der Waals surface area contributed by atoms with E-state index < -0.39 is 11.7 Å². The zero-order valence-electron chi connectivity index (χ0n) is 14.2. The van der Waals surface area contributed by atoms with Gasteiger partial charge in [-0.3, -0.25) is 9.80 Å². The minimum absolute atomic E-state index is 0. The number of thiazole rings is 1. The van der Waals surface area contributed by atoms with Crippen LogP contribution in [0.25, 0.3) is 0 Å². The van der Waals surface area contributed by atoms with Crippen LogP contribution in [-0.4, -0.2) is 41.0 Å². The zero-order valence-corrected chi connectivity index (χ0v) is 15.8. The summed E-state index contributed by atoms with van der Waals surface area (Å²) in [6.07, 6.45) is -1.42. The van der Waals surface area contributed by atoms with Crippen molar-refractivity contribution in [3.8, 4) is 0 Å². The lowest BCUT2D eigenvalue weighted by atomic mass is 10.1. The number of halogens is 4. The van der Waals surface area contributed by atoms with Crippen molar-refractivity contribution in [2.24, 2.45) is 0 Å². The maximum atomic E-state index is 12.6. The lowest BCUT2D eigenvalue weighted by Gasteiger charge is -2.21. The first-order valence-corrected chi connectivity index (χ1v) is 9.03. The van der Waals surface area contributed by atoms with Crippen molar-refractivity contribution in [2.75, 3.05) is 31.9 Å². The van der Waals surface area contributed by atoms with Gasteiger partial charge >= 0.3 is 6.18 Å². The van der Waals surface area contributed by atoms with Gasteiger partial charge in [0.15, 0.2) is 5.13 Å². The molecule has 0 bridgehead atoms. The molecule has 2 heterocycles. The largest absolute Gasteiger partial charge is 0.416 e. The summed E-state index contributed by atoms with van der Waals surface area (Å²) in [5, 5.41) is 0.591. The van der Waals surface area contributed by atoms with Crippen LogP contribution >= 0.6 is 23.7 Å². The Morgan fingerprint density at radius 1 is 1.00 bits per heavy atom. The molecule has 3 rings (SSSR count). The van der Waals surface area contributed by atoms with Gasteiger partial charge in [0.25, 0.3) is 0 Å². The summed E-state index contributed by atoms with van der Waals surface area (Å²) in [6.45, 7) is 5.31. The van der Waals surface area contributed by atoms with E-state index in [1.807, 2.05) is 6.20 Å². The van der Waals surface area contributed by atoms with Crippen molar-refractivity contribution >= 4 is 28.9 Å². The molecule has 2 N–H and O–H groups in total. The monoisotopic (exact) mass is 406 g/mol. The Morgan fingerprint density at radius 2 is 1.62 bits per heavy atom. The highest BCUT2D eigenvalue weighted by atomic mass is 35.5.